The van der Waals surface area contributed by atoms with Crippen molar-refractivity contribution >= 4 is 29.2 Å². The molecule has 0 unspecified atom stereocenters. The molecule has 25 heavy (non-hydrogen) atoms. The van der Waals surface area contributed by atoms with E-state index in [0.29, 0.717) is 11.4 Å². The zero-order valence-corrected chi connectivity index (χ0v) is 13.8. The first-order valence-electron chi connectivity index (χ1n) is 7.79. The molecule has 3 N–H and O–H groups in total. The summed E-state index contributed by atoms with van der Waals surface area (Å²) < 4.78 is 5.02. The molecule has 1 aromatic heterocycles. The van der Waals surface area contributed by atoms with Crippen molar-refractivity contribution in [3.05, 3.63) is 48.4 Å². The summed E-state index contributed by atoms with van der Waals surface area (Å²) in [4.78, 5) is 35.5. The van der Waals surface area contributed by atoms with Crippen molar-refractivity contribution in [2.24, 2.45) is 17.3 Å². The van der Waals surface area contributed by atoms with Crippen LogP contribution >= 0.6 is 0 Å². The number of carboxylic acids is 1. The lowest BCUT2D eigenvalue weighted by atomic mass is 10.1. The molecule has 1 aromatic carbocycles. The van der Waals surface area contributed by atoms with Gasteiger partial charge in [-0.2, -0.15) is 0 Å². The zero-order chi connectivity index (χ0) is 18.2. The maximum absolute atomic E-state index is 12.3. The molecule has 0 bridgehead atoms. The second-order valence-corrected chi connectivity index (χ2v) is 6.62. The van der Waals surface area contributed by atoms with Crippen LogP contribution in [0, 0.1) is 17.3 Å². The second-order valence-electron chi connectivity index (χ2n) is 6.62. The van der Waals surface area contributed by atoms with Crippen LogP contribution in [0.4, 0.5) is 11.4 Å². The lowest BCUT2D eigenvalue weighted by Gasteiger charge is -2.09. The topological polar surface area (TPSA) is 109 Å². The Morgan fingerprint density at radius 2 is 1.72 bits per heavy atom. The fourth-order valence-electron chi connectivity index (χ4n) is 3.08. The molecule has 1 aliphatic carbocycles. The van der Waals surface area contributed by atoms with E-state index in [1.807, 2.05) is 0 Å². The predicted octanol–water partition coefficient (Wildman–Crippen LogP) is 2.83. The summed E-state index contributed by atoms with van der Waals surface area (Å²) in [5.41, 5.74) is 0.402. The molecule has 7 nitrogen and oxygen atoms in total. The Balaban J connectivity index is 1.67. The maximum atomic E-state index is 12.3. The highest BCUT2D eigenvalue weighted by atomic mass is 16.4. The van der Waals surface area contributed by atoms with Gasteiger partial charge in [0.05, 0.1) is 18.1 Å². The molecule has 2 amide bonds. The minimum Gasteiger partial charge on any atom is -0.481 e. The number of aliphatic carboxylic acids is 1. The van der Waals surface area contributed by atoms with Gasteiger partial charge in [-0.1, -0.05) is 19.9 Å². The number of carboxylic acid groups (broad SMARTS) is 1. The van der Waals surface area contributed by atoms with E-state index in [-0.39, 0.29) is 11.7 Å². The molecule has 0 aliphatic heterocycles. The minimum atomic E-state index is -0.968. The standard InChI is InChI=1S/C18H18N2O5/c1-18(2)13(14(18)17(23)24)16(22)20-11-6-3-5-10(9-11)19-15(21)12-7-4-8-25-12/h3-9,13-14H,1-2H3,(H,19,21)(H,20,22)(H,23,24)/t13-,14-/m0/s1. The van der Waals surface area contributed by atoms with Gasteiger partial charge in [0.2, 0.25) is 5.91 Å². The average Bonchev–Trinajstić information content (AvgIpc) is 2.88. The van der Waals surface area contributed by atoms with Gasteiger partial charge in [0.25, 0.3) is 5.91 Å². The molecule has 130 valence electrons. The number of benzene rings is 1. The van der Waals surface area contributed by atoms with Crippen LogP contribution < -0.4 is 10.6 Å². The normalized spacial score (nSPS) is 20.6. The summed E-state index contributed by atoms with van der Waals surface area (Å²) in [5.74, 6) is -2.79. The molecule has 2 atom stereocenters. The minimum absolute atomic E-state index is 0.179. The maximum Gasteiger partial charge on any atom is 0.307 e. The number of nitrogens with one attached hydrogen (secondary N) is 2. The number of carbonyl (C=O) groups is 3. The smallest absolute Gasteiger partial charge is 0.307 e. The number of hydrogen-bond donors (Lipinski definition) is 3. The van der Waals surface area contributed by atoms with Gasteiger partial charge in [-0.25, -0.2) is 0 Å². The van der Waals surface area contributed by atoms with Crippen molar-refractivity contribution in [2.75, 3.05) is 10.6 Å². The van der Waals surface area contributed by atoms with Crippen LogP contribution in [0.3, 0.4) is 0 Å². The van der Waals surface area contributed by atoms with E-state index in [0.717, 1.165) is 0 Å². The molecule has 7 heteroatoms. The van der Waals surface area contributed by atoms with E-state index >= 15 is 0 Å². The van der Waals surface area contributed by atoms with E-state index in [1.54, 1.807) is 50.2 Å². The molecule has 0 saturated heterocycles. The van der Waals surface area contributed by atoms with Crippen LogP contribution in [-0.2, 0) is 9.59 Å². The van der Waals surface area contributed by atoms with Crippen LogP contribution in [0.5, 0.6) is 0 Å². The van der Waals surface area contributed by atoms with Crippen molar-refractivity contribution in [3.8, 4) is 0 Å². The molecule has 2 aromatic rings. The lowest BCUT2D eigenvalue weighted by molar-refractivity contribution is -0.140. The number of hydrogen-bond acceptors (Lipinski definition) is 4. The molecule has 1 fully saturated rings. The lowest BCUT2D eigenvalue weighted by Crippen LogP contribution is -2.18. The highest BCUT2D eigenvalue weighted by Gasteiger charge is 2.65. The van der Waals surface area contributed by atoms with Crippen molar-refractivity contribution in [1.82, 2.24) is 0 Å². The van der Waals surface area contributed by atoms with Gasteiger partial charge in [-0.15, -0.1) is 0 Å². The highest BCUT2D eigenvalue weighted by Crippen LogP contribution is 2.58. The molecule has 1 heterocycles. The van der Waals surface area contributed by atoms with Crippen LogP contribution in [0.2, 0.25) is 0 Å². The Hall–Kier alpha value is -3.09. The largest absolute Gasteiger partial charge is 0.481 e. The van der Waals surface area contributed by atoms with Crippen molar-refractivity contribution in [3.63, 3.8) is 0 Å². The quantitative estimate of drug-likeness (QED) is 0.774. The van der Waals surface area contributed by atoms with E-state index < -0.39 is 29.1 Å². The Morgan fingerprint density at radius 3 is 2.28 bits per heavy atom. The fraction of sp³-hybridized carbons (Fsp3) is 0.278. The molecule has 1 aliphatic rings. The highest BCUT2D eigenvalue weighted by molar-refractivity contribution is 6.03. The number of carbonyl (C=O) groups excluding carboxylic acids is 2. The third-order valence-corrected chi connectivity index (χ3v) is 4.51. The molecule has 0 spiro atoms. The van der Waals surface area contributed by atoms with E-state index in [2.05, 4.69) is 10.6 Å². The molecular formula is C18H18N2O5. The monoisotopic (exact) mass is 342 g/mol. The van der Waals surface area contributed by atoms with Crippen LogP contribution in [0.1, 0.15) is 24.4 Å². The first kappa shape index (κ1) is 16.8. The Kier molecular flexibility index (Phi) is 4.08. The second kappa shape index (κ2) is 6.08. The van der Waals surface area contributed by atoms with Gasteiger partial charge in [0.15, 0.2) is 5.76 Å². The Morgan fingerprint density at radius 1 is 1.04 bits per heavy atom. The summed E-state index contributed by atoms with van der Waals surface area (Å²) in [5, 5.41) is 14.6. The number of amides is 2. The predicted molar refractivity (Wildman–Crippen MR) is 90.1 cm³/mol. The average molecular weight is 342 g/mol. The summed E-state index contributed by atoms with van der Waals surface area (Å²) in [6.07, 6.45) is 1.40. The Labute approximate surface area is 144 Å². The van der Waals surface area contributed by atoms with Gasteiger partial charge in [-0.3, -0.25) is 14.4 Å². The number of rotatable bonds is 5. The first-order chi connectivity index (χ1) is 11.8. The Bertz CT molecular complexity index is 826. The van der Waals surface area contributed by atoms with E-state index in [1.165, 1.54) is 6.26 Å². The van der Waals surface area contributed by atoms with Gasteiger partial charge in [-0.05, 0) is 35.7 Å². The third kappa shape index (κ3) is 3.26. The van der Waals surface area contributed by atoms with Crippen molar-refractivity contribution in [1.29, 1.82) is 0 Å². The third-order valence-electron chi connectivity index (χ3n) is 4.51. The number of anilines is 2. The SMILES string of the molecule is CC1(C)[C@H](C(=O)O)[C@H]1C(=O)Nc1cccc(NC(=O)c2ccco2)c1. The first-order valence-corrected chi connectivity index (χ1v) is 7.79. The summed E-state index contributed by atoms with van der Waals surface area (Å²) >= 11 is 0. The van der Waals surface area contributed by atoms with Crippen LogP contribution in [0.25, 0.3) is 0 Å². The van der Waals surface area contributed by atoms with E-state index in [4.69, 9.17) is 4.42 Å². The van der Waals surface area contributed by atoms with Crippen molar-refractivity contribution < 1.29 is 23.9 Å². The van der Waals surface area contributed by atoms with Gasteiger partial charge in [0, 0.05) is 11.4 Å². The molecule has 3 rings (SSSR count). The molecule has 0 radical (unpaired) electrons. The van der Waals surface area contributed by atoms with Crippen LogP contribution in [-0.4, -0.2) is 22.9 Å². The fourth-order valence-corrected chi connectivity index (χ4v) is 3.08. The zero-order valence-electron chi connectivity index (χ0n) is 13.8. The number of furan rings is 1. The van der Waals surface area contributed by atoms with Crippen LogP contribution in [0.15, 0.2) is 47.1 Å². The van der Waals surface area contributed by atoms with Gasteiger partial charge < -0.3 is 20.2 Å². The summed E-state index contributed by atoms with van der Waals surface area (Å²) in [7, 11) is 0. The molecule has 1 saturated carbocycles. The van der Waals surface area contributed by atoms with Gasteiger partial charge >= 0.3 is 5.97 Å². The van der Waals surface area contributed by atoms with Crippen molar-refractivity contribution in [2.45, 2.75) is 13.8 Å². The van der Waals surface area contributed by atoms with E-state index in [9.17, 15) is 19.5 Å². The molecular weight excluding hydrogens is 324 g/mol. The van der Waals surface area contributed by atoms with Gasteiger partial charge in [0.1, 0.15) is 0 Å². The summed E-state index contributed by atoms with van der Waals surface area (Å²) in [6.45, 7) is 3.52. The summed E-state index contributed by atoms with van der Waals surface area (Å²) in [6, 6.07) is 9.79.